The van der Waals surface area contributed by atoms with Crippen molar-refractivity contribution in [1.82, 2.24) is 0 Å². The Hall–Kier alpha value is -1.34. The summed E-state index contributed by atoms with van der Waals surface area (Å²) in [5.41, 5.74) is 8.58. The van der Waals surface area contributed by atoms with Gasteiger partial charge in [0, 0.05) is 11.5 Å². The van der Waals surface area contributed by atoms with Crippen LogP contribution in [0.25, 0.3) is 10.8 Å². The maximum atomic E-state index is 7.18. The van der Waals surface area contributed by atoms with Gasteiger partial charge in [0.05, 0.1) is 0 Å². The molecule has 29 heavy (non-hydrogen) atoms. The Labute approximate surface area is 180 Å². The van der Waals surface area contributed by atoms with E-state index < -0.39 is 0 Å². The maximum absolute atomic E-state index is 7.18. The van der Waals surface area contributed by atoms with Crippen LogP contribution in [0.15, 0.2) is 42.5 Å². The molecule has 1 heteroatoms. The van der Waals surface area contributed by atoms with E-state index in [9.17, 15) is 0 Å². The highest BCUT2D eigenvalue weighted by atomic mass is 14.8. The van der Waals surface area contributed by atoms with Crippen LogP contribution < -0.4 is 5.73 Å². The Kier molecular flexibility index (Phi) is 10.8. The Morgan fingerprint density at radius 2 is 1.28 bits per heavy atom. The quantitative estimate of drug-likeness (QED) is 0.300. The average Bonchev–Trinajstić information content (AvgIpc) is 2.73. The molecule has 1 atom stereocenters. The van der Waals surface area contributed by atoms with Gasteiger partial charge in [0.25, 0.3) is 0 Å². The molecule has 0 aromatic heterocycles. The lowest BCUT2D eigenvalue weighted by Crippen LogP contribution is -2.45. The van der Waals surface area contributed by atoms with E-state index in [1.165, 1.54) is 74.1 Å². The first-order valence-electron chi connectivity index (χ1n) is 12.4. The van der Waals surface area contributed by atoms with Crippen molar-refractivity contribution in [3.8, 4) is 0 Å². The molecule has 0 aliphatic carbocycles. The normalized spacial score (nSPS) is 13.1. The predicted molar refractivity (Wildman–Crippen MR) is 131 cm³/mol. The van der Waals surface area contributed by atoms with E-state index in [-0.39, 0.29) is 5.54 Å². The van der Waals surface area contributed by atoms with Gasteiger partial charge in [-0.1, -0.05) is 127 Å². The Morgan fingerprint density at radius 3 is 1.93 bits per heavy atom. The van der Waals surface area contributed by atoms with Crippen molar-refractivity contribution >= 4 is 10.8 Å². The van der Waals surface area contributed by atoms with Crippen molar-refractivity contribution in [2.45, 2.75) is 116 Å². The largest absolute Gasteiger partial charge is 0.325 e. The minimum absolute atomic E-state index is 0.0885. The minimum atomic E-state index is -0.0885. The lowest BCUT2D eigenvalue weighted by Gasteiger charge is -2.39. The van der Waals surface area contributed by atoms with Crippen molar-refractivity contribution in [2.75, 3.05) is 0 Å². The molecule has 0 aliphatic rings. The third-order valence-electron chi connectivity index (χ3n) is 6.67. The van der Waals surface area contributed by atoms with E-state index in [0.717, 1.165) is 25.7 Å². The molecule has 1 unspecified atom stereocenters. The molecule has 2 N–H and O–H groups in total. The van der Waals surface area contributed by atoms with Crippen LogP contribution in [-0.4, -0.2) is 5.54 Å². The van der Waals surface area contributed by atoms with Gasteiger partial charge in [0.1, 0.15) is 0 Å². The monoisotopic (exact) mass is 395 g/mol. The number of fused-ring (bicyclic) bond motifs is 1. The molecule has 0 radical (unpaired) electrons. The molecule has 0 fully saturated rings. The van der Waals surface area contributed by atoms with E-state index in [2.05, 4.69) is 63.2 Å². The van der Waals surface area contributed by atoms with Gasteiger partial charge in [-0.05, 0) is 35.6 Å². The van der Waals surface area contributed by atoms with Gasteiger partial charge in [-0.25, -0.2) is 0 Å². The second-order valence-corrected chi connectivity index (χ2v) is 9.12. The van der Waals surface area contributed by atoms with Crippen LogP contribution in [0, 0.1) is 0 Å². The van der Waals surface area contributed by atoms with Crippen molar-refractivity contribution in [2.24, 2.45) is 5.73 Å². The summed E-state index contributed by atoms with van der Waals surface area (Å²) in [6.45, 7) is 6.86. The van der Waals surface area contributed by atoms with Gasteiger partial charge in [0.2, 0.25) is 0 Å². The molecule has 162 valence electrons. The van der Waals surface area contributed by atoms with E-state index >= 15 is 0 Å². The first-order valence-corrected chi connectivity index (χ1v) is 12.4. The standard InChI is InChI=1S/C28H45N/c1-4-7-8-9-10-11-12-13-21-27(28(29,22-5-2)23-6-3)26-20-16-18-24-17-14-15-19-25(24)26/h14-20,27H,4-13,21-23,29H2,1-3H3. The lowest BCUT2D eigenvalue weighted by atomic mass is 9.71. The van der Waals surface area contributed by atoms with Gasteiger partial charge < -0.3 is 5.73 Å². The van der Waals surface area contributed by atoms with Gasteiger partial charge in [-0.15, -0.1) is 0 Å². The van der Waals surface area contributed by atoms with Crippen LogP contribution >= 0.6 is 0 Å². The molecule has 0 amide bonds. The number of hydrogen-bond donors (Lipinski definition) is 1. The highest BCUT2D eigenvalue weighted by Gasteiger charge is 2.34. The number of hydrogen-bond acceptors (Lipinski definition) is 1. The molecular weight excluding hydrogens is 350 g/mol. The summed E-state index contributed by atoms with van der Waals surface area (Å²) < 4.78 is 0. The smallest absolute Gasteiger partial charge is 0.0223 e. The molecule has 1 nitrogen and oxygen atoms in total. The van der Waals surface area contributed by atoms with Gasteiger partial charge in [0.15, 0.2) is 0 Å². The summed E-state index contributed by atoms with van der Waals surface area (Å²) in [5.74, 6) is 0.452. The highest BCUT2D eigenvalue weighted by molar-refractivity contribution is 5.86. The molecule has 2 aromatic carbocycles. The molecule has 0 bridgehead atoms. The lowest BCUT2D eigenvalue weighted by molar-refractivity contribution is 0.276. The topological polar surface area (TPSA) is 26.0 Å². The Bertz CT molecular complexity index is 678. The van der Waals surface area contributed by atoms with Crippen LogP contribution in [0.4, 0.5) is 0 Å². The molecule has 0 saturated heterocycles. The van der Waals surface area contributed by atoms with Crippen LogP contribution in [0.1, 0.15) is 116 Å². The van der Waals surface area contributed by atoms with Crippen molar-refractivity contribution in [3.63, 3.8) is 0 Å². The number of benzene rings is 2. The molecule has 2 rings (SSSR count). The van der Waals surface area contributed by atoms with Gasteiger partial charge in [-0.3, -0.25) is 0 Å². The van der Waals surface area contributed by atoms with Crippen molar-refractivity contribution < 1.29 is 0 Å². The van der Waals surface area contributed by atoms with Crippen LogP contribution in [0.3, 0.4) is 0 Å². The molecule has 2 aromatic rings. The van der Waals surface area contributed by atoms with E-state index in [4.69, 9.17) is 5.73 Å². The zero-order valence-corrected chi connectivity index (χ0v) is 19.4. The molecular formula is C28H45N. The first kappa shape index (κ1) is 23.9. The average molecular weight is 396 g/mol. The summed E-state index contributed by atoms with van der Waals surface area (Å²) in [6.07, 6.45) is 16.8. The molecule has 0 spiro atoms. The summed E-state index contributed by atoms with van der Waals surface area (Å²) >= 11 is 0. The van der Waals surface area contributed by atoms with E-state index in [1.807, 2.05) is 0 Å². The zero-order valence-electron chi connectivity index (χ0n) is 19.4. The SMILES string of the molecule is CCCCCCCCCCC(c1cccc2ccccc12)C(N)(CCC)CCC. The van der Waals surface area contributed by atoms with E-state index in [1.54, 1.807) is 0 Å². The Balaban J connectivity index is 2.14. The molecule has 0 saturated carbocycles. The number of rotatable bonds is 15. The van der Waals surface area contributed by atoms with Gasteiger partial charge in [-0.2, -0.15) is 0 Å². The maximum Gasteiger partial charge on any atom is 0.0223 e. The van der Waals surface area contributed by atoms with E-state index in [0.29, 0.717) is 5.92 Å². The zero-order chi connectivity index (χ0) is 21.0. The highest BCUT2D eigenvalue weighted by Crippen LogP contribution is 2.40. The number of nitrogens with two attached hydrogens (primary N) is 1. The summed E-state index contributed by atoms with van der Waals surface area (Å²) in [6, 6.07) is 15.7. The second-order valence-electron chi connectivity index (χ2n) is 9.12. The summed E-state index contributed by atoms with van der Waals surface area (Å²) in [7, 11) is 0. The predicted octanol–water partition coefficient (Wildman–Crippen LogP) is 8.75. The molecule has 0 heterocycles. The molecule has 0 aliphatic heterocycles. The second kappa shape index (κ2) is 13.1. The van der Waals surface area contributed by atoms with Crippen LogP contribution in [-0.2, 0) is 0 Å². The van der Waals surface area contributed by atoms with Gasteiger partial charge >= 0.3 is 0 Å². The summed E-state index contributed by atoms with van der Waals surface area (Å²) in [5, 5.41) is 2.75. The number of unbranched alkanes of at least 4 members (excludes halogenated alkanes) is 7. The van der Waals surface area contributed by atoms with Crippen LogP contribution in [0.5, 0.6) is 0 Å². The fourth-order valence-electron chi connectivity index (χ4n) is 5.19. The fourth-order valence-corrected chi connectivity index (χ4v) is 5.19. The summed E-state index contributed by atoms with van der Waals surface area (Å²) in [4.78, 5) is 0. The van der Waals surface area contributed by atoms with Crippen LogP contribution in [0.2, 0.25) is 0 Å². The minimum Gasteiger partial charge on any atom is -0.325 e. The van der Waals surface area contributed by atoms with Crippen molar-refractivity contribution in [3.05, 3.63) is 48.0 Å². The third kappa shape index (κ3) is 7.14. The van der Waals surface area contributed by atoms with Crippen molar-refractivity contribution in [1.29, 1.82) is 0 Å². The first-order chi connectivity index (χ1) is 14.2. The Morgan fingerprint density at radius 1 is 0.690 bits per heavy atom. The fraction of sp³-hybridized carbons (Fsp3) is 0.643. The third-order valence-corrected chi connectivity index (χ3v) is 6.67.